The van der Waals surface area contributed by atoms with Crippen molar-refractivity contribution in [3.8, 4) is 0 Å². The molecule has 1 aliphatic carbocycles. The summed E-state index contributed by atoms with van der Waals surface area (Å²) in [4.78, 5) is 26.9. The van der Waals surface area contributed by atoms with E-state index in [-0.39, 0.29) is 18.4 Å². The number of amides is 2. The Morgan fingerprint density at radius 2 is 1.97 bits per heavy atom. The lowest BCUT2D eigenvalue weighted by Gasteiger charge is -2.33. The van der Waals surface area contributed by atoms with Crippen LogP contribution in [0.1, 0.15) is 54.7 Å². The molecule has 1 N–H and O–H groups in total. The van der Waals surface area contributed by atoms with Crippen LogP contribution in [-0.4, -0.2) is 60.8 Å². The highest BCUT2D eigenvalue weighted by Crippen LogP contribution is 2.39. The summed E-state index contributed by atoms with van der Waals surface area (Å²) in [7, 11) is 0. The normalized spacial score (nSPS) is 18.8. The maximum absolute atomic E-state index is 13.4. The Labute approximate surface area is 195 Å². The third-order valence-electron chi connectivity index (χ3n) is 7.37. The Hall–Kier alpha value is -2.41. The number of rotatable bonds is 8. The van der Waals surface area contributed by atoms with Gasteiger partial charge >= 0.3 is 0 Å². The van der Waals surface area contributed by atoms with Crippen molar-refractivity contribution >= 4 is 22.7 Å². The molecule has 0 spiro atoms. The largest absolute Gasteiger partial charge is 0.381 e. The van der Waals surface area contributed by atoms with Crippen molar-refractivity contribution in [1.82, 2.24) is 14.8 Å². The summed E-state index contributed by atoms with van der Waals surface area (Å²) < 4.78 is 21.1. The average molecular weight is 458 g/mol. The number of ether oxygens (including phenoxy) is 1. The number of halogens is 1. The number of benzene rings is 1. The number of hydrogen-bond acceptors (Lipinski definition) is 3. The Morgan fingerprint density at radius 1 is 1.18 bits per heavy atom. The molecule has 7 heteroatoms. The van der Waals surface area contributed by atoms with Gasteiger partial charge in [-0.25, -0.2) is 4.39 Å². The monoisotopic (exact) mass is 457 g/mol. The van der Waals surface area contributed by atoms with Gasteiger partial charge in [-0.2, -0.15) is 0 Å². The lowest BCUT2D eigenvalue weighted by atomic mass is 9.75. The second-order valence-corrected chi connectivity index (χ2v) is 9.22. The second kappa shape index (κ2) is 10.7. The molecule has 2 aliphatic rings. The van der Waals surface area contributed by atoms with Gasteiger partial charge in [-0.1, -0.05) is 0 Å². The maximum Gasteiger partial charge on any atom is 0.254 e. The van der Waals surface area contributed by atoms with Crippen LogP contribution in [0.15, 0.2) is 18.2 Å². The van der Waals surface area contributed by atoms with Gasteiger partial charge in [0.05, 0.1) is 13.1 Å². The molecular formula is C26H36FN3O3. The van der Waals surface area contributed by atoms with E-state index in [2.05, 4.69) is 9.88 Å². The third kappa shape index (κ3) is 4.93. The van der Waals surface area contributed by atoms with Crippen molar-refractivity contribution in [2.75, 3.05) is 39.5 Å². The molecule has 1 aromatic heterocycles. The van der Waals surface area contributed by atoms with Crippen LogP contribution in [0.3, 0.4) is 0 Å². The number of hydrogen-bond donors (Lipinski definition) is 1. The summed E-state index contributed by atoms with van der Waals surface area (Å²) in [6.07, 6.45) is 5.27. The molecular weight excluding hydrogens is 421 g/mol. The van der Waals surface area contributed by atoms with Gasteiger partial charge < -0.3 is 19.5 Å². The quantitative estimate of drug-likeness (QED) is 0.657. The van der Waals surface area contributed by atoms with E-state index in [1.807, 2.05) is 32.0 Å². The molecule has 1 aliphatic heterocycles. The van der Waals surface area contributed by atoms with Crippen molar-refractivity contribution in [3.05, 3.63) is 35.0 Å². The number of alkyl halides is 1. The number of nitrogens with zero attached hydrogens (tertiary/aromatic N) is 2. The zero-order valence-electron chi connectivity index (χ0n) is 19.9. The summed E-state index contributed by atoms with van der Waals surface area (Å²) in [6, 6.07) is 5.75. The smallest absolute Gasteiger partial charge is 0.254 e. The summed E-state index contributed by atoms with van der Waals surface area (Å²) in [5, 5.41) is 3.82. The molecule has 1 atom stereocenters. The standard InChI is InChI=1S/C26H36FN3O3/c1-3-28-25(31)17-29(4-2)26(32)20-6-8-24-22(16-20)21-15-19(18-9-13-33-14-10-18)5-7-23(21)30(24)12-11-27/h6,8,16,18-19H,3-5,7,9-15,17H2,1-2H3,(H,28,31). The zero-order chi connectivity index (χ0) is 23.4. The molecule has 2 heterocycles. The van der Waals surface area contributed by atoms with Gasteiger partial charge in [-0.15, -0.1) is 0 Å². The fourth-order valence-electron chi connectivity index (χ4n) is 5.68. The fourth-order valence-corrected chi connectivity index (χ4v) is 5.68. The number of carbonyl (C=O) groups is 2. The molecule has 0 bridgehead atoms. The first-order valence-electron chi connectivity index (χ1n) is 12.4. The highest BCUT2D eigenvalue weighted by molar-refractivity contribution is 6.00. The van der Waals surface area contributed by atoms with Crippen molar-refractivity contribution in [1.29, 1.82) is 0 Å². The predicted octanol–water partition coefficient (Wildman–Crippen LogP) is 3.74. The van der Waals surface area contributed by atoms with E-state index >= 15 is 0 Å². The summed E-state index contributed by atoms with van der Waals surface area (Å²) in [5.74, 6) is 0.980. The lowest BCUT2D eigenvalue weighted by Crippen LogP contribution is -2.40. The molecule has 2 amide bonds. The van der Waals surface area contributed by atoms with E-state index in [1.54, 1.807) is 4.90 Å². The molecule has 1 fully saturated rings. The van der Waals surface area contributed by atoms with Crippen LogP contribution >= 0.6 is 0 Å². The number of aryl methyl sites for hydroxylation is 1. The Bertz CT molecular complexity index is 996. The number of aromatic nitrogens is 1. The molecule has 1 saturated heterocycles. The van der Waals surface area contributed by atoms with Crippen LogP contribution in [0.5, 0.6) is 0 Å². The number of likely N-dealkylation sites (N-methyl/N-ethyl adjacent to an activating group) is 2. The average Bonchev–Trinajstić information content (AvgIpc) is 3.15. The molecule has 0 radical (unpaired) electrons. The topological polar surface area (TPSA) is 63.6 Å². The molecule has 1 unspecified atom stereocenters. The van der Waals surface area contributed by atoms with Crippen molar-refractivity contribution in [2.24, 2.45) is 11.8 Å². The summed E-state index contributed by atoms with van der Waals surface area (Å²) in [5.41, 5.74) is 4.10. The molecule has 1 aromatic carbocycles. The van der Waals surface area contributed by atoms with Crippen molar-refractivity contribution in [2.45, 2.75) is 52.5 Å². The zero-order valence-corrected chi connectivity index (χ0v) is 19.9. The summed E-state index contributed by atoms with van der Waals surface area (Å²) in [6.45, 7) is 6.42. The van der Waals surface area contributed by atoms with Crippen LogP contribution in [-0.2, 0) is 28.9 Å². The Kier molecular flexibility index (Phi) is 7.68. The van der Waals surface area contributed by atoms with Crippen molar-refractivity contribution < 1.29 is 18.7 Å². The summed E-state index contributed by atoms with van der Waals surface area (Å²) >= 11 is 0. The maximum atomic E-state index is 13.4. The van der Waals surface area contributed by atoms with Gasteiger partial charge in [0.1, 0.15) is 6.67 Å². The molecule has 180 valence electrons. The van der Waals surface area contributed by atoms with Gasteiger partial charge in [0.2, 0.25) is 5.91 Å². The van der Waals surface area contributed by atoms with Gasteiger partial charge in [-0.3, -0.25) is 9.59 Å². The van der Waals surface area contributed by atoms with Crippen LogP contribution in [0.4, 0.5) is 4.39 Å². The van der Waals surface area contributed by atoms with Gasteiger partial charge in [-0.05, 0) is 81.5 Å². The van der Waals surface area contributed by atoms with Crippen LogP contribution in [0.2, 0.25) is 0 Å². The van der Waals surface area contributed by atoms with E-state index in [9.17, 15) is 14.0 Å². The number of nitrogens with one attached hydrogen (secondary N) is 1. The minimum atomic E-state index is -0.406. The van der Waals surface area contributed by atoms with E-state index < -0.39 is 6.67 Å². The Morgan fingerprint density at radius 3 is 2.67 bits per heavy atom. The Balaban J connectivity index is 1.66. The second-order valence-electron chi connectivity index (χ2n) is 9.22. The first-order valence-corrected chi connectivity index (χ1v) is 12.4. The highest BCUT2D eigenvalue weighted by atomic mass is 19.1. The van der Waals surface area contributed by atoms with E-state index in [0.29, 0.717) is 37.0 Å². The van der Waals surface area contributed by atoms with Crippen molar-refractivity contribution in [3.63, 3.8) is 0 Å². The minimum Gasteiger partial charge on any atom is -0.381 e. The van der Waals surface area contributed by atoms with E-state index in [1.165, 1.54) is 11.3 Å². The van der Waals surface area contributed by atoms with Crippen LogP contribution in [0.25, 0.3) is 10.9 Å². The number of fused-ring (bicyclic) bond motifs is 3. The highest BCUT2D eigenvalue weighted by Gasteiger charge is 2.31. The van der Waals surface area contributed by atoms with E-state index in [0.717, 1.165) is 56.2 Å². The van der Waals surface area contributed by atoms with Crippen LogP contribution in [0, 0.1) is 11.8 Å². The van der Waals surface area contributed by atoms with E-state index in [4.69, 9.17) is 4.74 Å². The molecule has 0 saturated carbocycles. The first-order chi connectivity index (χ1) is 16.1. The molecule has 2 aromatic rings. The molecule has 33 heavy (non-hydrogen) atoms. The van der Waals surface area contributed by atoms with Gasteiger partial charge in [0.15, 0.2) is 0 Å². The lowest BCUT2D eigenvalue weighted by molar-refractivity contribution is -0.121. The number of carbonyl (C=O) groups excluding carboxylic acids is 2. The van der Waals surface area contributed by atoms with Crippen LogP contribution < -0.4 is 5.32 Å². The molecule has 4 rings (SSSR count). The minimum absolute atomic E-state index is 0.0496. The van der Waals surface area contributed by atoms with Gasteiger partial charge in [0.25, 0.3) is 5.91 Å². The van der Waals surface area contributed by atoms with Gasteiger partial charge in [0, 0.05) is 48.5 Å². The molecule has 6 nitrogen and oxygen atoms in total. The fraction of sp³-hybridized carbons (Fsp3) is 0.615. The first kappa shape index (κ1) is 23.7. The predicted molar refractivity (Wildman–Crippen MR) is 127 cm³/mol. The third-order valence-corrected chi connectivity index (χ3v) is 7.37. The SMILES string of the molecule is CCNC(=O)CN(CC)C(=O)c1ccc2c(c1)c1c(n2CCF)CCC(C2CCOCC2)C1.